The highest BCUT2D eigenvalue weighted by Crippen LogP contribution is 2.54. The van der Waals surface area contributed by atoms with Crippen LogP contribution in [0.5, 0.6) is 0 Å². The summed E-state index contributed by atoms with van der Waals surface area (Å²) >= 11 is 0. The van der Waals surface area contributed by atoms with Gasteiger partial charge < -0.3 is 31.9 Å². The molecule has 2 aromatic carbocycles. The number of ether oxygens (including phenoxy) is 3. The van der Waals surface area contributed by atoms with Crippen LogP contribution >= 0.6 is 0 Å². The topological polar surface area (TPSA) is 64.6 Å². The molecule has 3 aliphatic rings. The number of rotatable bonds is 24. The summed E-state index contributed by atoms with van der Waals surface area (Å²) in [5.41, 5.74) is 0.179. The predicted octanol–water partition coefficient (Wildman–Crippen LogP) is 14.0. The maximum absolute atomic E-state index is 7.94. The van der Waals surface area contributed by atoms with E-state index in [9.17, 15) is 0 Å². The Hall–Kier alpha value is -0.972. The summed E-state index contributed by atoms with van der Waals surface area (Å²) in [7, 11) is -8.71. The zero-order valence-electron chi connectivity index (χ0n) is 45.2. The van der Waals surface area contributed by atoms with Gasteiger partial charge in [0.05, 0.1) is 42.2 Å². The fraction of sp³-hybridized carbons (Fsp3) is 0.782. The van der Waals surface area contributed by atoms with Crippen LogP contribution in [0.4, 0.5) is 0 Å². The van der Waals surface area contributed by atoms with Crippen LogP contribution in [0.3, 0.4) is 0 Å². The van der Waals surface area contributed by atoms with Gasteiger partial charge in [-0.3, -0.25) is 0 Å². The molecule has 0 unspecified atom stereocenters. The first-order valence-electron chi connectivity index (χ1n) is 26.9. The summed E-state index contributed by atoms with van der Waals surface area (Å²) in [5.74, 6) is 0. The first kappa shape index (κ1) is 55.9. The van der Waals surface area contributed by atoms with Crippen LogP contribution in [0.2, 0.25) is 57.9 Å². The second kappa shape index (κ2) is 23.1. The van der Waals surface area contributed by atoms with Crippen molar-refractivity contribution in [1.29, 1.82) is 0 Å². The lowest BCUT2D eigenvalue weighted by atomic mass is 9.73. The van der Waals surface area contributed by atoms with Crippen molar-refractivity contribution in [3.63, 3.8) is 0 Å². The lowest BCUT2D eigenvalue weighted by Gasteiger charge is -2.62. The quantitative estimate of drug-likeness (QED) is 0.0767. The zero-order chi connectivity index (χ0) is 48.8. The van der Waals surface area contributed by atoms with Crippen LogP contribution < -0.4 is 10.4 Å². The summed E-state index contributed by atoms with van der Waals surface area (Å²) in [6.45, 7) is 41.6. The zero-order valence-corrected chi connectivity index (χ0v) is 49.2. The Morgan fingerprint density at radius 1 is 0.621 bits per heavy atom. The minimum absolute atomic E-state index is 0.0198. The van der Waals surface area contributed by atoms with Crippen molar-refractivity contribution in [2.24, 2.45) is 0 Å². The van der Waals surface area contributed by atoms with Gasteiger partial charge in [-0.2, -0.15) is 0 Å². The predicted molar refractivity (Wildman–Crippen MR) is 288 cm³/mol. The molecule has 0 aromatic heterocycles. The number of benzene rings is 2. The molecular formula is C55H98O7Si4. The molecule has 7 nitrogen and oxygen atoms in total. The Morgan fingerprint density at radius 2 is 1.14 bits per heavy atom. The van der Waals surface area contributed by atoms with E-state index in [4.69, 9.17) is 31.9 Å². The van der Waals surface area contributed by atoms with Crippen LogP contribution in [0.1, 0.15) is 156 Å². The molecule has 0 N–H and O–H groups in total. The van der Waals surface area contributed by atoms with Crippen LogP contribution in [0, 0.1) is 0 Å². The molecule has 0 bridgehead atoms. The largest absolute Gasteiger partial charge is 0.417 e. The molecule has 3 saturated heterocycles. The molecule has 376 valence electrons. The molecule has 2 aromatic rings. The highest BCUT2D eigenvalue weighted by Gasteiger charge is 2.64. The van der Waals surface area contributed by atoms with Gasteiger partial charge in [-0.15, -0.1) is 0 Å². The van der Waals surface area contributed by atoms with Crippen molar-refractivity contribution < 1.29 is 31.9 Å². The van der Waals surface area contributed by atoms with E-state index in [-0.39, 0.29) is 41.7 Å². The van der Waals surface area contributed by atoms with E-state index in [0.29, 0.717) is 23.2 Å². The van der Waals surface area contributed by atoms with Gasteiger partial charge in [0.15, 0.2) is 16.6 Å². The van der Waals surface area contributed by atoms with Crippen molar-refractivity contribution >= 4 is 43.6 Å². The van der Waals surface area contributed by atoms with Gasteiger partial charge in [0.1, 0.15) is 5.60 Å². The highest BCUT2D eigenvalue weighted by atomic mass is 28.4. The normalized spacial score (nSPS) is 27.9. The van der Waals surface area contributed by atoms with Gasteiger partial charge in [-0.05, 0) is 101 Å². The Morgan fingerprint density at radius 3 is 1.61 bits per heavy atom. The van der Waals surface area contributed by atoms with E-state index in [0.717, 1.165) is 81.4 Å². The lowest BCUT2D eigenvalue weighted by molar-refractivity contribution is -0.353. The average molecular weight is 984 g/mol. The van der Waals surface area contributed by atoms with Crippen molar-refractivity contribution in [1.82, 2.24) is 0 Å². The van der Waals surface area contributed by atoms with Crippen LogP contribution in [0.15, 0.2) is 60.7 Å². The third-order valence-electron chi connectivity index (χ3n) is 17.6. The van der Waals surface area contributed by atoms with E-state index in [2.05, 4.69) is 178 Å². The fourth-order valence-electron chi connectivity index (χ4n) is 13.2. The molecule has 0 radical (unpaired) electrons. The lowest BCUT2D eigenvalue weighted by Crippen LogP contribution is -2.73. The maximum atomic E-state index is 7.94. The number of fused-ring (bicyclic) bond motifs is 2. The van der Waals surface area contributed by atoms with Gasteiger partial charge in [0.25, 0.3) is 8.32 Å². The summed E-state index contributed by atoms with van der Waals surface area (Å²) in [6.07, 6.45) is 4.61. The summed E-state index contributed by atoms with van der Waals surface area (Å²) in [4.78, 5) is 0. The van der Waals surface area contributed by atoms with Crippen molar-refractivity contribution in [3.8, 4) is 0 Å². The van der Waals surface area contributed by atoms with Crippen molar-refractivity contribution in [2.75, 3.05) is 13.2 Å². The molecular weight excluding hydrogens is 885 g/mol. The molecule has 8 atom stereocenters. The smallest absolute Gasteiger partial charge is 0.261 e. The van der Waals surface area contributed by atoms with E-state index in [1.165, 1.54) is 10.4 Å². The van der Waals surface area contributed by atoms with Crippen molar-refractivity contribution in [2.45, 2.75) is 262 Å². The van der Waals surface area contributed by atoms with Crippen LogP contribution in [-0.4, -0.2) is 94.3 Å². The highest BCUT2D eigenvalue weighted by molar-refractivity contribution is 6.99. The van der Waals surface area contributed by atoms with Gasteiger partial charge in [0, 0.05) is 32.5 Å². The Balaban J connectivity index is 1.47. The average Bonchev–Trinajstić information content (AvgIpc) is 3.28. The molecule has 0 spiro atoms. The van der Waals surface area contributed by atoms with E-state index < -0.39 is 44.5 Å². The van der Waals surface area contributed by atoms with Gasteiger partial charge in [-0.1, -0.05) is 165 Å². The fourth-order valence-corrected chi connectivity index (χ4v) is 29.0. The molecule has 3 fully saturated rings. The van der Waals surface area contributed by atoms with E-state index in [1.54, 1.807) is 0 Å². The van der Waals surface area contributed by atoms with Gasteiger partial charge in [-0.25, -0.2) is 0 Å². The van der Waals surface area contributed by atoms with Gasteiger partial charge >= 0.3 is 0 Å². The molecule has 0 amide bonds. The van der Waals surface area contributed by atoms with E-state index >= 15 is 0 Å². The number of hydrogen-bond acceptors (Lipinski definition) is 7. The molecule has 0 saturated carbocycles. The Kier molecular flexibility index (Phi) is 19.5. The molecule has 0 aliphatic carbocycles. The maximum Gasteiger partial charge on any atom is 0.261 e. The van der Waals surface area contributed by atoms with Crippen LogP contribution in [-0.2, 0) is 31.9 Å². The third-order valence-corrected chi connectivity index (χ3v) is 38.1. The van der Waals surface area contributed by atoms with Crippen LogP contribution in [0.25, 0.3) is 0 Å². The third kappa shape index (κ3) is 11.4. The minimum Gasteiger partial charge on any atom is -0.417 e. The summed E-state index contributed by atoms with van der Waals surface area (Å²) in [6, 6.07) is 28.8. The first-order chi connectivity index (χ1) is 31.1. The molecule has 11 heteroatoms. The molecule has 5 rings (SSSR count). The Labute approximate surface area is 409 Å². The second-order valence-corrected chi connectivity index (χ2v) is 42.3. The first-order valence-corrected chi connectivity index (χ1v) is 36.0. The second-order valence-electron chi connectivity index (χ2n) is 23.0. The van der Waals surface area contributed by atoms with Gasteiger partial charge in [0.2, 0.25) is 8.32 Å². The molecule has 3 heterocycles. The Bertz CT molecular complexity index is 1670. The number of hydrogen-bond donors (Lipinski definition) is 0. The monoisotopic (exact) mass is 983 g/mol. The molecule has 66 heavy (non-hydrogen) atoms. The molecule has 3 aliphatic heterocycles. The summed E-state index contributed by atoms with van der Waals surface area (Å²) in [5, 5.41) is 2.57. The standard InChI is InChI=1S/C55H98O7Si4/c1-18-63(19-2,20-3)56-38-36-48-49(60-64(21-4,22-5)23-6)41-54(16)50(59-48)40-51-55(17,62-54)52(61-65(42(7)8,43(9)10)44(11)12)39-45(58-51)31-30-37-57-66(53(13,14)15,46-32-26-24-27-33-46)47-34-28-25-29-35-47/h24-29,32-35,42-45,48-52H,18-23,30-31,36-41H2,1-17H3/t45-,48+,49-,50-,51+,52-,54+,55+/m0/s1. The van der Waals surface area contributed by atoms with E-state index in [1.807, 2.05) is 0 Å². The SMILES string of the molecule is CC[Si](CC)(CC)OCC[C@H]1O[C@H]2C[C@H]3O[C@@H](CCCO[Si](c4ccccc4)(c4ccccc4)C(C)(C)C)C[C@H](O[Si](C(C)C)(C(C)C)C(C)C)[C@]3(C)O[C@]2(C)C[C@@H]1O[Si](CC)(CC)CC. The van der Waals surface area contributed by atoms with Crippen molar-refractivity contribution in [3.05, 3.63) is 60.7 Å². The minimum atomic E-state index is -2.66. The summed E-state index contributed by atoms with van der Waals surface area (Å²) < 4.78 is 52.3.